The lowest BCUT2D eigenvalue weighted by molar-refractivity contribution is 1.27. The Morgan fingerprint density at radius 2 is 0.755 bits per heavy atom. The summed E-state index contributed by atoms with van der Waals surface area (Å²) in [6.07, 6.45) is 0. The Morgan fingerprint density at radius 1 is 0.306 bits per heavy atom. The van der Waals surface area contributed by atoms with E-state index in [1.807, 2.05) is 0 Å². The second kappa shape index (κ2) is 9.06. The van der Waals surface area contributed by atoms with Gasteiger partial charge in [-0.15, -0.1) is 0 Å². The van der Waals surface area contributed by atoms with E-state index in [0.717, 1.165) is 17.1 Å². The lowest BCUT2D eigenvalue weighted by Gasteiger charge is -2.26. The van der Waals surface area contributed by atoms with Crippen molar-refractivity contribution in [1.29, 1.82) is 0 Å². The Hall–Kier alpha value is -6.58. The molecule has 0 saturated carbocycles. The normalized spacial score (nSPS) is 12.5. The molecular formula is C46H27N3. The lowest BCUT2D eigenvalue weighted by Crippen LogP contribution is -2.10. The van der Waals surface area contributed by atoms with Gasteiger partial charge in [-0.05, 0) is 71.4 Å². The van der Waals surface area contributed by atoms with Crippen molar-refractivity contribution in [2.45, 2.75) is 0 Å². The minimum absolute atomic E-state index is 1.14. The minimum atomic E-state index is 1.14. The zero-order valence-corrected chi connectivity index (χ0v) is 26.4. The highest BCUT2D eigenvalue weighted by Gasteiger charge is 2.24. The van der Waals surface area contributed by atoms with Gasteiger partial charge in [-0.3, -0.25) is 0 Å². The zero-order valence-electron chi connectivity index (χ0n) is 26.4. The van der Waals surface area contributed by atoms with E-state index in [1.54, 1.807) is 0 Å². The highest BCUT2D eigenvalue weighted by molar-refractivity contribution is 6.28. The van der Waals surface area contributed by atoms with Crippen molar-refractivity contribution in [2.75, 3.05) is 4.90 Å². The number of rotatable bonds is 3. The van der Waals surface area contributed by atoms with Crippen LogP contribution < -0.4 is 4.90 Å². The first-order valence-electron chi connectivity index (χ1n) is 17.0. The molecule has 0 unspecified atom stereocenters. The van der Waals surface area contributed by atoms with E-state index in [0.29, 0.717) is 0 Å². The van der Waals surface area contributed by atoms with Crippen molar-refractivity contribution in [1.82, 2.24) is 8.80 Å². The van der Waals surface area contributed by atoms with Gasteiger partial charge in [0, 0.05) is 54.5 Å². The summed E-state index contributed by atoms with van der Waals surface area (Å²) < 4.78 is 5.02. The molecule has 0 atom stereocenters. The molecule has 226 valence electrons. The molecule has 0 aliphatic carbocycles. The van der Waals surface area contributed by atoms with Crippen LogP contribution in [0.1, 0.15) is 0 Å². The number of aromatic nitrogens is 2. The third-order valence-corrected chi connectivity index (χ3v) is 10.9. The van der Waals surface area contributed by atoms with Crippen LogP contribution in [0, 0.1) is 0 Å². The van der Waals surface area contributed by atoms with Gasteiger partial charge >= 0.3 is 0 Å². The number of nitrogens with zero attached hydrogens (tertiary/aromatic N) is 3. The average molecular weight is 622 g/mol. The van der Waals surface area contributed by atoms with Gasteiger partial charge in [0.15, 0.2) is 0 Å². The summed E-state index contributed by atoms with van der Waals surface area (Å²) in [5.41, 5.74) is 11.0. The van der Waals surface area contributed by atoms with E-state index >= 15 is 0 Å². The lowest BCUT2D eigenvalue weighted by atomic mass is 10.0. The van der Waals surface area contributed by atoms with Crippen LogP contribution in [0.25, 0.3) is 87.0 Å². The molecule has 49 heavy (non-hydrogen) atoms. The Balaban J connectivity index is 1.22. The molecule has 0 spiro atoms. The molecule has 12 aromatic rings. The molecule has 4 heterocycles. The van der Waals surface area contributed by atoms with Gasteiger partial charge in [-0.25, -0.2) is 0 Å². The van der Waals surface area contributed by atoms with Crippen LogP contribution in [-0.4, -0.2) is 8.80 Å². The molecular weight excluding hydrogens is 595 g/mol. The third-order valence-electron chi connectivity index (χ3n) is 10.9. The van der Waals surface area contributed by atoms with Crippen molar-refractivity contribution in [3.8, 4) is 0 Å². The van der Waals surface area contributed by atoms with Crippen LogP contribution >= 0.6 is 0 Å². The van der Waals surface area contributed by atoms with E-state index in [4.69, 9.17) is 0 Å². The molecule has 0 bridgehead atoms. The number of hydrogen-bond acceptors (Lipinski definition) is 1. The molecule has 0 N–H and O–H groups in total. The van der Waals surface area contributed by atoms with Crippen LogP contribution in [0.5, 0.6) is 0 Å². The number of anilines is 3. The molecule has 0 aliphatic heterocycles. The van der Waals surface area contributed by atoms with Crippen molar-refractivity contribution >= 4 is 104 Å². The molecule has 0 aliphatic rings. The van der Waals surface area contributed by atoms with Gasteiger partial charge in [0.05, 0.1) is 38.8 Å². The second-order valence-corrected chi connectivity index (χ2v) is 13.4. The van der Waals surface area contributed by atoms with Gasteiger partial charge in [0.1, 0.15) is 0 Å². The van der Waals surface area contributed by atoms with Crippen molar-refractivity contribution in [3.05, 3.63) is 164 Å². The minimum Gasteiger partial charge on any atom is -0.308 e. The van der Waals surface area contributed by atoms with E-state index < -0.39 is 0 Å². The van der Waals surface area contributed by atoms with Crippen LogP contribution in [0.15, 0.2) is 164 Å². The fourth-order valence-electron chi connectivity index (χ4n) is 8.93. The summed E-state index contributed by atoms with van der Waals surface area (Å²) in [6.45, 7) is 0. The maximum atomic E-state index is 2.54. The van der Waals surface area contributed by atoms with Crippen molar-refractivity contribution < 1.29 is 0 Å². The highest BCUT2D eigenvalue weighted by atomic mass is 15.2. The molecule has 0 radical (unpaired) electrons. The Bertz CT molecular complexity index is 3220. The molecule has 8 aromatic carbocycles. The Kier molecular flexibility index (Phi) is 4.72. The zero-order chi connectivity index (χ0) is 31.8. The van der Waals surface area contributed by atoms with Crippen LogP contribution in [0.4, 0.5) is 17.1 Å². The quantitative estimate of drug-likeness (QED) is 0.191. The molecule has 0 saturated heterocycles. The van der Waals surface area contributed by atoms with Crippen LogP contribution in [-0.2, 0) is 0 Å². The van der Waals surface area contributed by atoms with Crippen LogP contribution in [0.3, 0.4) is 0 Å². The first-order valence-corrected chi connectivity index (χ1v) is 17.0. The van der Waals surface area contributed by atoms with Gasteiger partial charge in [-0.1, -0.05) is 103 Å². The van der Waals surface area contributed by atoms with Gasteiger partial charge in [0.2, 0.25) is 0 Å². The molecule has 0 fully saturated rings. The number of hydrogen-bond donors (Lipinski definition) is 0. The maximum Gasteiger partial charge on any atom is 0.0782 e. The summed E-state index contributed by atoms with van der Waals surface area (Å²) in [6, 6.07) is 60.3. The molecule has 3 nitrogen and oxygen atoms in total. The van der Waals surface area contributed by atoms with Gasteiger partial charge in [-0.2, -0.15) is 0 Å². The predicted molar refractivity (Wildman–Crippen MR) is 208 cm³/mol. The van der Waals surface area contributed by atoms with Gasteiger partial charge < -0.3 is 13.7 Å². The molecule has 3 heteroatoms. The second-order valence-electron chi connectivity index (χ2n) is 13.4. The van der Waals surface area contributed by atoms with E-state index in [-0.39, 0.29) is 0 Å². The van der Waals surface area contributed by atoms with E-state index in [2.05, 4.69) is 177 Å². The summed E-state index contributed by atoms with van der Waals surface area (Å²) in [5, 5.41) is 12.9. The fraction of sp³-hybridized carbons (Fsp3) is 0. The third kappa shape index (κ3) is 3.17. The SMILES string of the molecule is c1ccc(N(c2ccccc2)c2cccc3c4cccc5c6cc7cc8c(cc7cc6n(c23)c54)c2cccc3c4ccccc4n8c32)cc1. The highest BCUT2D eigenvalue weighted by Crippen LogP contribution is 2.47. The fourth-order valence-corrected chi connectivity index (χ4v) is 8.93. The standard InChI is InChI=1S/C46H27N3/c1-3-12-30(13-4-1)47(31-14-5-2-6-15-31)41-23-11-21-35-34-18-10-20-37-39-25-28-26-42-38(24-29(28)27-43(39)49(45(34)37)46(35)41)36-19-9-17-33-32-16-7-8-22-40(32)48(42)44(33)36/h1-27H. The average Bonchev–Trinajstić information content (AvgIpc) is 3.88. The molecule has 12 rings (SSSR count). The number of benzene rings is 8. The number of para-hydroxylation sites is 6. The predicted octanol–water partition coefficient (Wildman–Crippen LogP) is 12.6. The summed E-state index contributed by atoms with van der Waals surface area (Å²) in [4.78, 5) is 2.40. The summed E-state index contributed by atoms with van der Waals surface area (Å²) >= 11 is 0. The van der Waals surface area contributed by atoms with Gasteiger partial charge in [0.25, 0.3) is 0 Å². The topological polar surface area (TPSA) is 12.1 Å². The monoisotopic (exact) mass is 621 g/mol. The smallest absolute Gasteiger partial charge is 0.0782 e. The maximum absolute atomic E-state index is 2.54. The first-order chi connectivity index (χ1) is 24.3. The largest absolute Gasteiger partial charge is 0.308 e. The summed E-state index contributed by atoms with van der Waals surface area (Å²) in [5.74, 6) is 0. The molecule has 0 amide bonds. The van der Waals surface area contributed by atoms with Crippen molar-refractivity contribution in [2.24, 2.45) is 0 Å². The Labute approximate surface area is 280 Å². The molecule has 4 aromatic heterocycles. The van der Waals surface area contributed by atoms with E-state index in [9.17, 15) is 0 Å². The van der Waals surface area contributed by atoms with Crippen LogP contribution in [0.2, 0.25) is 0 Å². The Morgan fingerprint density at radius 3 is 1.39 bits per heavy atom. The van der Waals surface area contributed by atoms with E-state index in [1.165, 1.54) is 87.0 Å². The first kappa shape index (κ1) is 25.5. The van der Waals surface area contributed by atoms with Crippen molar-refractivity contribution in [3.63, 3.8) is 0 Å². The summed E-state index contributed by atoms with van der Waals surface area (Å²) in [7, 11) is 0. The number of fused-ring (bicyclic) bond motifs is 13.